The van der Waals surface area contributed by atoms with Gasteiger partial charge in [-0.2, -0.15) is 0 Å². The predicted molar refractivity (Wildman–Crippen MR) is 96.7 cm³/mol. The van der Waals surface area contributed by atoms with Gasteiger partial charge in [-0.15, -0.1) is 0 Å². The summed E-state index contributed by atoms with van der Waals surface area (Å²) in [5, 5.41) is 3.94. The molecule has 3 heterocycles. The Morgan fingerprint density at radius 3 is 2.54 bits per heavy atom. The maximum absolute atomic E-state index is 12.3. The summed E-state index contributed by atoms with van der Waals surface area (Å²) in [6, 6.07) is 11.7. The normalized spacial score (nSPS) is 14.8. The zero-order valence-electron chi connectivity index (χ0n) is 13.1. The summed E-state index contributed by atoms with van der Waals surface area (Å²) < 4.78 is 1.20. The zero-order chi connectivity index (χ0) is 16.4. The van der Waals surface area contributed by atoms with Crippen LogP contribution in [0.5, 0.6) is 0 Å². The first-order valence-corrected chi connectivity index (χ1v) is 8.68. The lowest BCUT2D eigenvalue weighted by Crippen LogP contribution is -2.50. The first-order chi connectivity index (χ1) is 11.8. The third-order valence-corrected chi connectivity index (χ3v) is 5.15. The molecular weight excluding hydrogens is 322 g/mol. The van der Waals surface area contributed by atoms with Crippen molar-refractivity contribution in [3.8, 4) is 0 Å². The molecule has 0 spiro atoms. The Hall–Kier alpha value is -2.67. The van der Waals surface area contributed by atoms with Crippen LogP contribution in [0.4, 0.5) is 15.6 Å². The molecule has 24 heavy (non-hydrogen) atoms. The van der Waals surface area contributed by atoms with Crippen molar-refractivity contribution < 1.29 is 4.79 Å². The largest absolute Gasteiger partial charge is 0.345 e. The molecule has 3 aromatic rings. The van der Waals surface area contributed by atoms with Gasteiger partial charge in [-0.1, -0.05) is 23.5 Å². The molecule has 1 fully saturated rings. The molecule has 1 aliphatic heterocycles. The minimum atomic E-state index is -0.0647. The number of benzene rings is 1. The number of piperazine rings is 1. The van der Waals surface area contributed by atoms with Crippen molar-refractivity contribution in [2.24, 2.45) is 0 Å². The van der Waals surface area contributed by atoms with Crippen LogP contribution in [0.15, 0.2) is 48.8 Å². The van der Waals surface area contributed by atoms with E-state index in [1.807, 2.05) is 23.1 Å². The third kappa shape index (κ3) is 3.03. The number of nitrogens with one attached hydrogen (secondary N) is 1. The number of para-hydroxylation sites is 1. The van der Waals surface area contributed by atoms with Crippen LogP contribution in [0.2, 0.25) is 0 Å². The number of thiazole rings is 1. The van der Waals surface area contributed by atoms with E-state index in [1.54, 1.807) is 35.9 Å². The molecule has 0 saturated carbocycles. The van der Waals surface area contributed by atoms with Crippen molar-refractivity contribution >= 4 is 38.4 Å². The summed E-state index contributed by atoms with van der Waals surface area (Å²) in [4.78, 5) is 25.0. The highest BCUT2D eigenvalue weighted by atomic mass is 32.1. The van der Waals surface area contributed by atoms with Crippen molar-refractivity contribution in [3.63, 3.8) is 0 Å². The van der Waals surface area contributed by atoms with Gasteiger partial charge in [-0.25, -0.2) is 9.78 Å². The van der Waals surface area contributed by atoms with Gasteiger partial charge in [0.15, 0.2) is 5.13 Å². The maximum Gasteiger partial charge on any atom is 0.321 e. The number of nitrogens with zero attached hydrogens (tertiary/aromatic N) is 4. The summed E-state index contributed by atoms with van der Waals surface area (Å²) >= 11 is 1.70. The highest BCUT2D eigenvalue weighted by molar-refractivity contribution is 7.22. The number of hydrogen-bond acceptors (Lipinski definition) is 5. The third-order valence-electron chi connectivity index (χ3n) is 4.05. The molecule has 122 valence electrons. The van der Waals surface area contributed by atoms with E-state index in [1.165, 1.54) is 4.70 Å². The number of aromatic nitrogens is 2. The Kier molecular flexibility index (Phi) is 4.00. The summed E-state index contributed by atoms with van der Waals surface area (Å²) in [6.07, 6.45) is 3.33. The van der Waals surface area contributed by atoms with Crippen LogP contribution in [0.1, 0.15) is 0 Å². The van der Waals surface area contributed by atoms with Crippen LogP contribution in [0.3, 0.4) is 0 Å². The molecule has 2 amide bonds. The fraction of sp³-hybridized carbons (Fsp3) is 0.235. The van der Waals surface area contributed by atoms with Gasteiger partial charge in [0.25, 0.3) is 0 Å². The average molecular weight is 339 g/mol. The summed E-state index contributed by atoms with van der Waals surface area (Å²) in [6.45, 7) is 2.97. The molecule has 2 aromatic heterocycles. The number of carbonyl (C=O) groups excluding carboxylic acids is 1. The van der Waals surface area contributed by atoms with E-state index in [4.69, 9.17) is 4.98 Å². The van der Waals surface area contributed by atoms with Gasteiger partial charge in [-0.05, 0) is 24.3 Å². The smallest absolute Gasteiger partial charge is 0.321 e. The van der Waals surface area contributed by atoms with E-state index in [0.29, 0.717) is 13.1 Å². The van der Waals surface area contributed by atoms with Crippen LogP contribution >= 0.6 is 11.3 Å². The summed E-state index contributed by atoms with van der Waals surface area (Å²) in [5.41, 5.74) is 1.80. The van der Waals surface area contributed by atoms with Crippen molar-refractivity contribution in [2.45, 2.75) is 0 Å². The molecule has 1 aliphatic rings. The number of fused-ring (bicyclic) bond motifs is 1. The number of carbonyl (C=O) groups is 1. The molecule has 0 aliphatic carbocycles. The lowest BCUT2D eigenvalue weighted by molar-refractivity contribution is 0.208. The SMILES string of the molecule is O=C(Nc1ccncc1)N1CCN(c2nc3ccccc3s2)CC1. The van der Waals surface area contributed by atoms with Crippen molar-refractivity contribution in [2.75, 3.05) is 36.4 Å². The minimum Gasteiger partial charge on any atom is -0.345 e. The lowest BCUT2D eigenvalue weighted by atomic mass is 10.3. The maximum atomic E-state index is 12.3. The second kappa shape index (κ2) is 6.45. The zero-order valence-corrected chi connectivity index (χ0v) is 13.9. The molecule has 0 radical (unpaired) electrons. The Bertz CT molecular complexity index is 809. The Morgan fingerprint density at radius 2 is 1.79 bits per heavy atom. The molecule has 0 unspecified atom stereocenters. The highest BCUT2D eigenvalue weighted by Gasteiger charge is 2.23. The molecule has 1 saturated heterocycles. The van der Waals surface area contributed by atoms with E-state index in [9.17, 15) is 4.79 Å². The molecule has 4 rings (SSSR count). The van der Waals surface area contributed by atoms with Gasteiger partial charge in [0.2, 0.25) is 0 Å². The van der Waals surface area contributed by atoms with Crippen molar-refractivity contribution in [3.05, 3.63) is 48.8 Å². The minimum absolute atomic E-state index is 0.0647. The molecule has 1 N–H and O–H groups in total. The van der Waals surface area contributed by atoms with E-state index in [2.05, 4.69) is 21.3 Å². The topological polar surface area (TPSA) is 61.4 Å². The first-order valence-electron chi connectivity index (χ1n) is 7.86. The highest BCUT2D eigenvalue weighted by Crippen LogP contribution is 2.29. The van der Waals surface area contributed by atoms with Gasteiger partial charge in [0.1, 0.15) is 0 Å². The van der Waals surface area contributed by atoms with Crippen molar-refractivity contribution in [1.29, 1.82) is 0 Å². The molecule has 0 bridgehead atoms. The molecule has 0 atom stereocenters. The van der Waals surface area contributed by atoms with Gasteiger partial charge < -0.3 is 15.1 Å². The van der Waals surface area contributed by atoms with E-state index >= 15 is 0 Å². The van der Waals surface area contributed by atoms with Gasteiger partial charge in [0, 0.05) is 44.3 Å². The second-order valence-corrected chi connectivity index (χ2v) is 6.61. The molecule has 7 heteroatoms. The molecular formula is C17H17N5OS. The predicted octanol–water partition coefficient (Wildman–Crippen LogP) is 3.05. The van der Waals surface area contributed by atoms with Gasteiger partial charge in [-0.3, -0.25) is 4.98 Å². The molecule has 1 aromatic carbocycles. The van der Waals surface area contributed by atoms with E-state index < -0.39 is 0 Å². The Labute approximate surface area is 143 Å². The monoisotopic (exact) mass is 339 g/mol. The van der Waals surface area contributed by atoms with Crippen molar-refractivity contribution in [1.82, 2.24) is 14.9 Å². The number of hydrogen-bond donors (Lipinski definition) is 1. The fourth-order valence-electron chi connectivity index (χ4n) is 2.73. The number of urea groups is 1. The Balaban J connectivity index is 1.38. The number of anilines is 2. The van der Waals surface area contributed by atoms with Crippen LogP contribution in [0, 0.1) is 0 Å². The summed E-state index contributed by atoms with van der Waals surface area (Å²) in [7, 11) is 0. The quantitative estimate of drug-likeness (QED) is 0.779. The molecule has 6 nitrogen and oxygen atoms in total. The summed E-state index contributed by atoms with van der Waals surface area (Å²) in [5.74, 6) is 0. The fourth-order valence-corrected chi connectivity index (χ4v) is 3.75. The second-order valence-electron chi connectivity index (χ2n) is 5.60. The number of amides is 2. The van der Waals surface area contributed by atoms with Crippen LogP contribution < -0.4 is 10.2 Å². The average Bonchev–Trinajstić information content (AvgIpc) is 3.07. The number of pyridine rings is 1. The van der Waals surface area contributed by atoms with Gasteiger partial charge in [0.05, 0.1) is 10.2 Å². The standard InChI is InChI=1S/C17H17N5OS/c23-16(19-13-5-7-18-8-6-13)21-9-11-22(12-10-21)17-20-14-3-1-2-4-15(14)24-17/h1-8H,9-12H2,(H,18,19,23). The number of rotatable bonds is 2. The lowest BCUT2D eigenvalue weighted by Gasteiger charge is -2.34. The first kappa shape index (κ1) is 14.9. The van der Waals surface area contributed by atoms with E-state index in [0.717, 1.165) is 29.4 Å². The van der Waals surface area contributed by atoms with Gasteiger partial charge >= 0.3 is 6.03 Å². The Morgan fingerprint density at radius 1 is 1.04 bits per heavy atom. The van der Waals surface area contributed by atoms with Crippen LogP contribution in [-0.2, 0) is 0 Å². The van der Waals surface area contributed by atoms with Crippen LogP contribution in [-0.4, -0.2) is 47.1 Å². The van der Waals surface area contributed by atoms with Crippen LogP contribution in [0.25, 0.3) is 10.2 Å². The van der Waals surface area contributed by atoms with E-state index in [-0.39, 0.29) is 6.03 Å².